The van der Waals surface area contributed by atoms with Crippen LogP contribution in [-0.4, -0.2) is 87.0 Å². The minimum atomic E-state index is -3.89. The number of nitrogens with zero attached hydrogens (tertiary/aromatic N) is 2. The first-order chi connectivity index (χ1) is 19.2. The molecule has 2 saturated heterocycles. The van der Waals surface area contributed by atoms with Crippen LogP contribution in [0.1, 0.15) is 30.9 Å². The van der Waals surface area contributed by atoms with Gasteiger partial charge in [0.2, 0.25) is 15.9 Å². The molecule has 216 valence electrons. The van der Waals surface area contributed by atoms with Crippen LogP contribution >= 0.6 is 0 Å². The van der Waals surface area contributed by atoms with Gasteiger partial charge < -0.3 is 25.0 Å². The van der Waals surface area contributed by atoms with Crippen molar-refractivity contribution in [2.24, 2.45) is 0 Å². The lowest BCUT2D eigenvalue weighted by molar-refractivity contribution is -0.147. The number of nitrogens with one attached hydrogen (secondary N) is 2. The van der Waals surface area contributed by atoms with E-state index in [-0.39, 0.29) is 24.5 Å². The largest absolute Gasteiger partial charge is 0.464 e. The number of benzene rings is 2. The van der Waals surface area contributed by atoms with Crippen LogP contribution in [-0.2, 0) is 30.8 Å². The second-order valence-corrected chi connectivity index (χ2v) is 11.7. The zero-order chi connectivity index (χ0) is 28.7. The van der Waals surface area contributed by atoms with Gasteiger partial charge in [0, 0.05) is 39.1 Å². The molecule has 11 nitrogen and oxygen atoms in total. The van der Waals surface area contributed by atoms with Gasteiger partial charge in [0.25, 0.3) is 0 Å². The fourth-order valence-corrected chi connectivity index (χ4v) is 6.44. The molecule has 2 aromatic rings. The third-order valence-corrected chi connectivity index (χ3v) is 8.89. The highest BCUT2D eigenvalue weighted by molar-refractivity contribution is 7.89. The number of aryl methyl sites for hydroxylation is 1. The standard InChI is InChI=1S/C28H36N4O7S/c1-3-38-27(34)24(19-21-8-10-22(11-9-21)39-28(35)31-17-14-29-15-18-31)30-26(33)25-5-4-16-32(25)40(36,37)23-12-6-20(2)7-13-23/h6-13,24-25,29H,3-5,14-19H2,1-2H3,(H,30,33)/t24-,25-/m0/s1. The van der Waals surface area contributed by atoms with Crippen LogP contribution in [0, 0.1) is 6.92 Å². The lowest BCUT2D eigenvalue weighted by Gasteiger charge is -2.26. The zero-order valence-corrected chi connectivity index (χ0v) is 23.6. The van der Waals surface area contributed by atoms with Crippen molar-refractivity contribution in [1.82, 2.24) is 19.8 Å². The number of sulfonamides is 1. The molecule has 0 saturated carbocycles. The Hall–Kier alpha value is -3.48. The third kappa shape index (κ3) is 7.18. The van der Waals surface area contributed by atoms with Gasteiger partial charge in [0.1, 0.15) is 17.8 Å². The fraction of sp³-hybridized carbons (Fsp3) is 0.464. The van der Waals surface area contributed by atoms with Gasteiger partial charge in [-0.25, -0.2) is 18.0 Å². The number of hydrogen-bond donors (Lipinski definition) is 2. The molecule has 0 aromatic heterocycles. The Morgan fingerprint density at radius 3 is 2.35 bits per heavy atom. The molecule has 2 N–H and O–H groups in total. The van der Waals surface area contributed by atoms with Gasteiger partial charge in [-0.05, 0) is 56.5 Å². The summed E-state index contributed by atoms with van der Waals surface area (Å²) in [5.41, 5.74) is 1.63. The second kappa shape index (κ2) is 13.2. The molecule has 0 bridgehead atoms. The van der Waals surface area contributed by atoms with E-state index in [2.05, 4.69) is 10.6 Å². The van der Waals surface area contributed by atoms with E-state index in [1.807, 2.05) is 6.92 Å². The van der Waals surface area contributed by atoms with E-state index in [1.165, 1.54) is 16.4 Å². The lowest BCUT2D eigenvalue weighted by atomic mass is 10.0. The molecule has 2 aliphatic heterocycles. The van der Waals surface area contributed by atoms with Crippen molar-refractivity contribution in [3.8, 4) is 5.75 Å². The minimum Gasteiger partial charge on any atom is -0.464 e. The quantitative estimate of drug-likeness (QED) is 0.435. The third-order valence-electron chi connectivity index (χ3n) is 6.97. The Balaban J connectivity index is 1.43. The summed E-state index contributed by atoms with van der Waals surface area (Å²) in [6.45, 7) is 6.45. The van der Waals surface area contributed by atoms with Gasteiger partial charge in [-0.15, -0.1) is 0 Å². The summed E-state index contributed by atoms with van der Waals surface area (Å²) in [6, 6.07) is 11.2. The number of ether oxygens (including phenoxy) is 2. The van der Waals surface area contributed by atoms with Gasteiger partial charge in [-0.2, -0.15) is 4.31 Å². The monoisotopic (exact) mass is 572 g/mol. The molecule has 2 heterocycles. The van der Waals surface area contributed by atoms with Crippen molar-refractivity contribution in [2.75, 3.05) is 39.3 Å². The van der Waals surface area contributed by atoms with E-state index in [1.54, 1.807) is 48.2 Å². The number of carbonyl (C=O) groups is 3. The highest BCUT2D eigenvalue weighted by atomic mass is 32.2. The summed E-state index contributed by atoms with van der Waals surface area (Å²) in [6.07, 6.45) is 0.572. The number of carbonyl (C=O) groups excluding carboxylic acids is 3. The Bertz CT molecular complexity index is 1290. The molecule has 12 heteroatoms. The highest BCUT2D eigenvalue weighted by Crippen LogP contribution is 2.27. The van der Waals surface area contributed by atoms with Gasteiger partial charge >= 0.3 is 12.1 Å². The topological polar surface area (TPSA) is 134 Å². The SMILES string of the molecule is CCOC(=O)[C@H](Cc1ccc(OC(=O)N2CCNCC2)cc1)NC(=O)[C@@H]1CCCN1S(=O)(=O)c1ccc(C)cc1. The van der Waals surface area contributed by atoms with Gasteiger partial charge in [0.15, 0.2) is 0 Å². The van der Waals surface area contributed by atoms with Crippen molar-refractivity contribution < 1.29 is 32.3 Å². The Morgan fingerprint density at radius 2 is 1.70 bits per heavy atom. The molecule has 2 aliphatic rings. The first kappa shape index (κ1) is 29.5. The Kier molecular flexibility index (Phi) is 9.77. The molecule has 0 aliphatic carbocycles. The molecular formula is C28H36N4O7S. The maximum absolute atomic E-state index is 13.3. The molecule has 0 unspecified atom stereocenters. The number of hydrogen-bond acceptors (Lipinski definition) is 8. The summed E-state index contributed by atoms with van der Waals surface area (Å²) in [5.74, 6) is -0.796. The number of esters is 1. The first-order valence-corrected chi connectivity index (χ1v) is 14.9. The summed E-state index contributed by atoms with van der Waals surface area (Å²) >= 11 is 0. The second-order valence-electron chi connectivity index (χ2n) is 9.85. The van der Waals surface area contributed by atoms with Crippen LogP contribution in [0.3, 0.4) is 0 Å². The van der Waals surface area contributed by atoms with Crippen LogP contribution in [0.15, 0.2) is 53.4 Å². The van der Waals surface area contributed by atoms with Crippen LogP contribution in [0.25, 0.3) is 0 Å². The average Bonchev–Trinajstić information content (AvgIpc) is 3.46. The van der Waals surface area contributed by atoms with Crippen molar-refractivity contribution in [2.45, 2.75) is 50.1 Å². The van der Waals surface area contributed by atoms with Gasteiger partial charge in [0.05, 0.1) is 11.5 Å². The van der Waals surface area contributed by atoms with Crippen molar-refractivity contribution >= 4 is 28.0 Å². The zero-order valence-electron chi connectivity index (χ0n) is 22.8. The minimum absolute atomic E-state index is 0.119. The number of piperazine rings is 1. The smallest absolute Gasteiger partial charge is 0.415 e. The van der Waals surface area contributed by atoms with E-state index in [0.29, 0.717) is 50.3 Å². The predicted octanol–water partition coefficient (Wildman–Crippen LogP) is 1.84. The molecule has 2 atom stereocenters. The lowest BCUT2D eigenvalue weighted by Crippen LogP contribution is -2.51. The van der Waals surface area contributed by atoms with Crippen molar-refractivity contribution in [3.05, 3.63) is 59.7 Å². The Morgan fingerprint density at radius 1 is 1.02 bits per heavy atom. The highest BCUT2D eigenvalue weighted by Gasteiger charge is 2.40. The molecule has 2 fully saturated rings. The maximum Gasteiger partial charge on any atom is 0.415 e. The fourth-order valence-electron chi connectivity index (χ4n) is 4.78. The van der Waals surface area contributed by atoms with Crippen molar-refractivity contribution in [3.63, 3.8) is 0 Å². The average molecular weight is 573 g/mol. The van der Waals surface area contributed by atoms with E-state index >= 15 is 0 Å². The molecule has 2 aromatic carbocycles. The molecule has 40 heavy (non-hydrogen) atoms. The number of rotatable bonds is 9. The Labute approximate surface area is 234 Å². The molecule has 4 rings (SSSR count). The molecular weight excluding hydrogens is 536 g/mol. The predicted molar refractivity (Wildman–Crippen MR) is 147 cm³/mol. The van der Waals surface area contributed by atoms with E-state index < -0.39 is 40.1 Å². The van der Waals surface area contributed by atoms with E-state index in [4.69, 9.17) is 9.47 Å². The molecule has 0 spiro atoms. The van der Waals surface area contributed by atoms with Crippen LogP contribution in [0.2, 0.25) is 0 Å². The van der Waals surface area contributed by atoms with Gasteiger partial charge in [-0.3, -0.25) is 4.79 Å². The van der Waals surface area contributed by atoms with Crippen LogP contribution in [0.4, 0.5) is 4.79 Å². The number of amides is 2. The molecule has 0 radical (unpaired) electrons. The summed E-state index contributed by atoms with van der Waals surface area (Å²) in [4.78, 5) is 40.2. The summed E-state index contributed by atoms with van der Waals surface area (Å²) in [7, 11) is -3.89. The summed E-state index contributed by atoms with van der Waals surface area (Å²) in [5, 5.41) is 5.90. The van der Waals surface area contributed by atoms with E-state index in [9.17, 15) is 22.8 Å². The first-order valence-electron chi connectivity index (χ1n) is 13.5. The summed E-state index contributed by atoms with van der Waals surface area (Å²) < 4.78 is 38.4. The molecule has 2 amide bonds. The van der Waals surface area contributed by atoms with Crippen LogP contribution < -0.4 is 15.4 Å². The normalized spacial score (nSPS) is 18.6. The van der Waals surface area contributed by atoms with Gasteiger partial charge in [-0.1, -0.05) is 29.8 Å². The van der Waals surface area contributed by atoms with Crippen LogP contribution in [0.5, 0.6) is 5.75 Å². The van der Waals surface area contributed by atoms with Crippen molar-refractivity contribution in [1.29, 1.82) is 0 Å². The maximum atomic E-state index is 13.3. The van der Waals surface area contributed by atoms with E-state index in [0.717, 1.165) is 5.56 Å².